The van der Waals surface area contributed by atoms with Crippen molar-refractivity contribution in [3.63, 3.8) is 0 Å². The monoisotopic (exact) mass is 222 g/mol. The molecule has 0 aliphatic rings. The van der Waals surface area contributed by atoms with Crippen LogP contribution < -0.4 is 0 Å². The van der Waals surface area contributed by atoms with E-state index in [1.165, 1.54) is 6.07 Å². The number of hydrogen-bond donors (Lipinski definition) is 2. The zero-order valence-electron chi connectivity index (χ0n) is 8.03. The van der Waals surface area contributed by atoms with Gasteiger partial charge in [0.25, 0.3) is 0 Å². The molecule has 0 spiro atoms. The second-order valence-electron chi connectivity index (χ2n) is 2.87. The minimum Gasteiger partial charge on any atom is -0.481 e. The van der Waals surface area contributed by atoms with Gasteiger partial charge in [-0.2, -0.15) is 0 Å². The first-order chi connectivity index (χ1) is 7.50. The zero-order chi connectivity index (χ0) is 12.1. The van der Waals surface area contributed by atoms with Gasteiger partial charge in [0.2, 0.25) is 0 Å². The van der Waals surface area contributed by atoms with Crippen LogP contribution in [0.4, 0.5) is 4.39 Å². The van der Waals surface area contributed by atoms with Gasteiger partial charge in [0.15, 0.2) is 0 Å². The lowest BCUT2D eigenvalue weighted by molar-refractivity contribution is -0.135. The molecule has 0 aromatic heterocycles. The largest absolute Gasteiger partial charge is 0.481 e. The summed E-state index contributed by atoms with van der Waals surface area (Å²) in [6.45, 7) is 0. The van der Waals surface area contributed by atoms with Crippen molar-refractivity contribution in [1.82, 2.24) is 0 Å². The predicted octanol–water partition coefficient (Wildman–Crippen LogP) is 1.35. The summed E-state index contributed by atoms with van der Waals surface area (Å²) in [5.74, 6) is 1.44. The van der Waals surface area contributed by atoms with E-state index in [4.69, 9.17) is 10.2 Å². The SMILES string of the molecule is O=C(O)CC#Cc1ccc(F)c(C(=O)O)c1. The number of rotatable bonds is 2. The Morgan fingerprint density at radius 3 is 2.56 bits per heavy atom. The summed E-state index contributed by atoms with van der Waals surface area (Å²) in [4.78, 5) is 20.7. The van der Waals surface area contributed by atoms with Gasteiger partial charge in [-0.15, -0.1) is 0 Å². The summed E-state index contributed by atoms with van der Waals surface area (Å²) in [6, 6.07) is 3.33. The van der Waals surface area contributed by atoms with Crippen LogP contribution in [0.2, 0.25) is 0 Å². The van der Waals surface area contributed by atoms with Crippen molar-refractivity contribution in [2.24, 2.45) is 0 Å². The van der Waals surface area contributed by atoms with Crippen molar-refractivity contribution in [3.05, 3.63) is 35.1 Å². The Balaban J connectivity index is 2.98. The average Bonchev–Trinajstić information content (AvgIpc) is 2.19. The van der Waals surface area contributed by atoms with Gasteiger partial charge in [0, 0.05) is 5.56 Å². The lowest BCUT2D eigenvalue weighted by Gasteiger charge is -1.97. The maximum absolute atomic E-state index is 12.9. The number of aromatic carboxylic acids is 1. The molecular weight excluding hydrogens is 215 g/mol. The fourth-order valence-corrected chi connectivity index (χ4v) is 0.989. The third-order valence-electron chi connectivity index (χ3n) is 1.67. The van der Waals surface area contributed by atoms with Crippen LogP contribution in [0.15, 0.2) is 18.2 Å². The van der Waals surface area contributed by atoms with E-state index in [9.17, 15) is 14.0 Å². The first kappa shape index (κ1) is 11.7. The van der Waals surface area contributed by atoms with E-state index >= 15 is 0 Å². The van der Waals surface area contributed by atoms with Crippen LogP contribution in [0, 0.1) is 17.7 Å². The quantitative estimate of drug-likeness (QED) is 0.740. The summed E-state index contributed by atoms with van der Waals surface area (Å²) >= 11 is 0. The van der Waals surface area contributed by atoms with E-state index in [-0.39, 0.29) is 12.0 Å². The molecule has 4 nitrogen and oxygen atoms in total. The second-order valence-corrected chi connectivity index (χ2v) is 2.87. The number of carboxylic acid groups (broad SMARTS) is 2. The van der Waals surface area contributed by atoms with Gasteiger partial charge in [-0.3, -0.25) is 4.79 Å². The first-order valence-electron chi connectivity index (χ1n) is 4.24. The van der Waals surface area contributed by atoms with Crippen LogP contribution in [0.5, 0.6) is 0 Å². The number of benzene rings is 1. The maximum Gasteiger partial charge on any atom is 0.338 e. The van der Waals surface area contributed by atoms with Crippen LogP contribution >= 0.6 is 0 Å². The van der Waals surface area contributed by atoms with Crippen LogP contribution in [0.25, 0.3) is 0 Å². The fraction of sp³-hybridized carbons (Fsp3) is 0.0909. The van der Waals surface area contributed by atoms with Gasteiger partial charge < -0.3 is 10.2 Å². The van der Waals surface area contributed by atoms with E-state index in [1.54, 1.807) is 0 Å². The summed E-state index contributed by atoms with van der Waals surface area (Å²) < 4.78 is 12.9. The third kappa shape index (κ3) is 3.10. The molecule has 0 radical (unpaired) electrons. The van der Waals surface area contributed by atoms with E-state index in [0.29, 0.717) is 0 Å². The molecule has 0 amide bonds. The predicted molar refractivity (Wildman–Crippen MR) is 52.5 cm³/mol. The van der Waals surface area contributed by atoms with Crippen molar-refractivity contribution in [2.75, 3.05) is 0 Å². The van der Waals surface area contributed by atoms with Crippen LogP contribution in [-0.4, -0.2) is 22.2 Å². The molecule has 16 heavy (non-hydrogen) atoms. The lowest BCUT2D eigenvalue weighted by Crippen LogP contribution is -2.00. The van der Waals surface area contributed by atoms with Gasteiger partial charge in [-0.1, -0.05) is 11.8 Å². The van der Waals surface area contributed by atoms with Crippen molar-refractivity contribution in [1.29, 1.82) is 0 Å². The van der Waals surface area contributed by atoms with Crippen molar-refractivity contribution >= 4 is 11.9 Å². The van der Waals surface area contributed by atoms with Gasteiger partial charge in [-0.25, -0.2) is 9.18 Å². The number of halogens is 1. The second kappa shape index (κ2) is 4.94. The Kier molecular flexibility index (Phi) is 3.62. The molecule has 0 saturated carbocycles. The molecule has 0 bridgehead atoms. The van der Waals surface area contributed by atoms with Crippen molar-refractivity contribution in [3.8, 4) is 11.8 Å². The van der Waals surface area contributed by atoms with Gasteiger partial charge >= 0.3 is 11.9 Å². The Bertz CT molecular complexity index is 496. The summed E-state index contributed by atoms with van der Waals surface area (Å²) in [5, 5.41) is 16.9. The lowest BCUT2D eigenvalue weighted by atomic mass is 10.1. The zero-order valence-corrected chi connectivity index (χ0v) is 8.03. The molecule has 1 aromatic rings. The minimum atomic E-state index is -1.39. The molecule has 82 valence electrons. The highest BCUT2D eigenvalue weighted by molar-refractivity contribution is 5.88. The molecule has 1 aromatic carbocycles. The average molecular weight is 222 g/mol. The molecule has 0 unspecified atom stereocenters. The molecule has 0 saturated heterocycles. The summed E-state index contributed by atoms with van der Waals surface area (Å²) in [7, 11) is 0. The summed E-state index contributed by atoms with van der Waals surface area (Å²) in [6.07, 6.45) is -0.347. The highest BCUT2D eigenvalue weighted by atomic mass is 19.1. The standard InChI is InChI=1S/C11H7FO4/c12-9-5-4-7(2-1-3-10(13)14)6-8(9)11(15)16/h4-6H,3H2,(H,13,14)(H,15,16). The fourth-order valence-electron chi connectivity index (χ4n) is 0.989. The maximum atomic E-state index is 12.9. The Morgan fingerprint density at radius 2 is 2.00 bits per heavy atom. The molecular formula is C11H7FO4. The Labute approximate surface area is 90.3 Å². The third-order valence-corrected chi connectivity index (χ3v) is 1.67. The number of carbonyl (C=O) groups is 2. The number of hydrogen-bond acceptors (Lipinski definition) is 2. The van der Waals surface area contributed by atoms with Crippen molar-refractivity contribution in [2.45, 2.75) is 6.42 Å². The molecule has 0 fully saturated rings. The van der Waals surface area contributed by atoms with Crippen molar-refractivity contribution < 1.29 is 24.2 Å². The topological polar surface area (TPSA) is 74.6 Å². The molecule has 0 aliphatic heterocycles. The van der Waals surface area contributed by atoms with E-state index in [0.717, 1.165) is 12.1 Å². The molecule has 0 heterocycles. The highest BCUT2D eigenvalue weighted by Crippen LogP contribution is 2.09. The van der Waals surface area contributed by atoms with Gasteiger partial charge in [0.05, 0.1) is 5.56 Å². The smallest absolute Gasteiger partial charge is 0.338 e. The highest BCUT2D eigenvalue weighted by Gasteiger charge is 2.09. The number of aliphatic carboxylic acids is 1. The van der Waals surface area contributed by atoms with Gasteiger partial charge in [0.1, 0.15) is 12.2 Å². The van der Waals surface area contributed by atoms with Gasteiger partial charge in [-0.05, 0) is 18.2 Å². The Morgan fingerprint density at radius 1 is 1.31 bits per heavy atom. The normalized spacial score (nSPS) is 9.06. The number of carboxylic acids is 2. The van der Waals surface area contributed by atoms with E-state index in [2.05, 4.69) is 11.8 Å². The van der Waals surface area contributed by atoms with Crippen LogP contribution in [0.1, 0.15) is 22.3 Å². The Hall–Kier alpha value is -2.35. The molecule has 1 rings (SSSR count). The molecule has 0 atom stereocenters. The molecule has 5 heteroatoms. The minimum absolute atomic E-state index is 0.264. The molecule has 2 N–H and O–H groups in total. The summed E-state index contributed by atoms with van der Waals surface area (Å²) in [5.41, 5.74) is -0.220. The van der Waals surface area contributed by atoms with Crippen LogP contribution in [-0.2, 0) is 4.79 Å². The molecule has 0 aliphatic carbocycles. The van der Waals surface area contributed by atoms with Crippen LogP contribution in [0.3, 0.4) is 0 Å². The van der Waals surface area contributed by atoms with E-state index in [1.807, 2.05) is 0 Å². The first-order valence-corrected chi connectivity index (χ1v) is 4.24. The van der Waals surface area contributed by atoms with E-state index < -0.39 is 23.3 Å².